The summed E-state index contributed by atoms with van der Waals surface area (Å²) in [7, 11) is 0. The lowest BCUT2D eigenvalue weighted by Crippen LogP contribution is -2.29. The van der Waals surface area contributed by atoms with Crippen LogP contribution in [0.3, 0.4) is 0 Å². The van der Waals surface area contributed by atoms with Gasteiger partial charge in [0.05, 0.1) is 21.7 Å². The minimum atomic E-state index is -0.264. The van der Waals surface area contributed by atoms with E-state index in [9.17, 15) is 0 Å². The molecule has 5 aromatic heterocycles. The molecule has 4 aliphatic rings. The first-order chi connectivity index (χ1) is 72.3. The second-order valence-electron chi connectivity index (χ2n) is 40.0. The molecule has 0 aliphatic heterocycles. The molecular formula is C143H134N6. The number of aromatic nitrogens is 6. The molecule has 25 rings (SSSR count). The van der Waals surface area contributed by atoms with Crippen LogP contribution in [0.1, 0.15) is 196 Å². The van der Waals surface area contributed by atoms with Crippen LogP contribution in [0.5, 0.6) is 0 Å². The lowest BCUT2D eigenvalue weighted by Gasteiger charge is -2.34. The molecule has 6 heteroatoms. The number of aryl methyl sites for hydroxylation is 17. The molecule has 5 heterocycles. The third-order valence-electron chi connectivity index (χ3n) is 29.6. The van der Waals surface area contributed by atoms with Gasteiger partial charge in [-0.3, -0.25) is 19.9 Å². The van der Waals surface area contributed by atoms with Crippen molar-refractivity contribution in [1.29, 1.82) is 0 Å². The molecule has 736 valence electrons. The van der Waals surface area contributed by atoms with Gasteiger partial charge in [-0.15, -0.1) is 0 Å². The molecule has 4 aliphatic carbocycles. The van der Waals surface area contributed by atoms with E-state index >= 15 is 0 Å². The quantitative estimate of drug-likeness (QED) is 0.151. The first kappa shape index (κ1) is 104. The van der Waals surface area contributed by atoms with Crippen molar-refractivity contribution >= 4 is 0 Å². The van der Waals surface area contributed by atoms with Crippen molar-refractivity contribution in [3.8, 4) is 44.5 Å². The van der Waals surface area contributed by atoms with Crippen molar-refractivity contribution in [2.24, 2.45) is 0 Å². The molecule has 0 fully saturated rings. The Morgan fingerprint density at radius 3 is 0.859 bits per heavy atom. The van der Waals surface area contributed by atoms with Gasteiger partial charge in [0.15, 0.2) is 0 Å². The molecule has 0 saturated carbocycles. The van der Waals surface area contributed by atoms with Gasteiger partial charge < -0.3 is 0 Å². The Balaban J connectivity index is 0.000000119. The summed E-state index contributed by atoms with van der Waals surface area (Å²) in [6.07, 6.45) is 5.63. The van der Waals surface area contributed by atoms with E-state index in [-0.39, 0.29) is 21.7 Å². The maximum Gasteiger partial charge on any atom is 0.125 e. The van der Waals surface area contributed by atoms with Crippen LogP contribution in [-0.4, -0.2) is 29.9 Å². The predicted molar refractivity (Wildman–Crippen MR) is 624 cm³/mol. The Morgan fingerprint density at radius 1 is 0.174 bits per heavy atom. The lowest BCUT2D eigenvalue weighted by molar-refractivity contribution is 0.762. The van der Waals surface area contributed by atoms with Crippen LogP contribution in [0.4, 0.5) is 0 Å². The van der Waals surface area contributed by atoms with Crippen LogP contribution < -0.4 is 0 Å². The molecule has 0 spiro atoms. The van der Waals surface area contributed by atoms with Gasteiger partial charge in [0.25, 0.3) is 0 Å². The van der Waals surface area contributed by atoms with Gasteiger partial charge in [-0.25, -0.2) is 9.97 Å². The van der Waals surface area contributed by atoms with Crippen LogP contribution in [0.2, 0.25) is 0 Å². The SMILES string of the molecule is Cc1cc(C)nc(C)c1.Cc1cc(C)nc(C)c1.Cc1cc(C)nc(C)n1.Cc1ccc2c(c1)-c1ccccc1C2(c1ccccc1)c1ccccc1.Cc1ccc2c(c1)C(c1ccccc1)(c1ccccc1)c1ccccc1-2.Cc1cccc2c1-c1ccccc1C2(c1ccccc1)c1ccccc1.Cc1cccc2c1C(c1ccccc1)(c1ccccc1)c1ccccc1-2.Cc1ccnc(C)c1C.Cc1cncc(C)c1C. The molecule has 149 heavy (non-hydrogen) atoms. The van der Waals surface area contributed by atoms with Crippen molar-refractivity contribution in [3.63, 3.8) is 0 Å². The summed E-state index contributed by atoms with van der Waals surface area (Å²) in [6, 6.07) is 162. The molecule has 0 unspecified atom stereocenters. The summed E-state index contributed by atoms with van der Waals surface area (Å²) in [5.74, 6) is 0.854. The maximum atomic E-state index is 4.23. The first-order valence-corrected chi connectivity index (χ1v) is 51.9. The van der Waals surface area contributed by atoms with E-state index in [2.05, 4.69) is 543 Å². The van der Waals surface area contributed by atoms with Gasteiger partial charge in [-0.05, 0) is 352 Å². The van der Waals surface area contributed by atoms with Gasteiger partial charge in [0, 0.05) is 58.4 Å². The molecule has 16 aromatic carbocycles. The normalized spacial score (nSPS) is 12.6. The summed E-state index contributed by atoms with van der Waals surface area (Å²) in [6.45, 7) is 39.4. The molecule has 0 atom stereocenters. The van der Waals surface area contributed by atoms with Gasteiger partial charge in [0.2, 0.25) is 0 Å². The summed E-state index contributed by atoms with van der Waals surface area (Å²) < 4.78 is 0. The van der Waals surface area contributed by atoms with E-state index < -0.39 is 0 Å². The van der Waals surface area contributed by atoms with Crippen molar-refractivity contribution < 1.29 is 0 Å². The maximum absolute atomic E-state index is 4.23. The molecular weight excluding hydrogens is 1800 g/mol. The zero-order valence-corrected chi connectivity index (χ0v) is 89.6. The summed E-state index contributed by atoms with van der Waals surface area (Å²) in [5, 5.41) is 0. The fourth-order valence-corrected chi connectivity index (χ4v) is 23.0. The van der Waals surface area contributed by atoms with Gasteiger partial charge in [-0.1, -0.05) is 424 Å². The summed E-state index contributed by atoms with van der Waals surface area (Å²) >= 11 is 0. The third-order valence-corrected chi connectivity index (χ3v) is 29.6. The number of benzene rings is 16. The Morgan fingerprint density at radius 2 is 0.470 bits per heavy atom. The third kappa shape index (κ3) is 21.2. The highest BCUT2D eigenvalue weighted by Crippen LogP contribution is 2.61. The van der Waals surface area contributed by atoms with Crippen LogP contribution in [0.25, 0.3) is 44.5 Å². The molecule has 0 radical (unpaired) electrons. The Hall–Kier alpha value is -16.8. The van der Waals surface area contributed by atoms with E-state index in [1.54, 1.807) is 0 Å². The number of nitrogens with zero attached hydrogens (tertiary/aromatic N) is 6. The average molecular weight is 1940 g/mol. The first-order valence-electron chi connectivity index (χ1n) is 51.9. The molecule has 21 aromatic rings. The van der Waals surface area contributed by atoms with Crippen molar-refractivity contribution in [2.45, 2.75) is 153 Å². The standard InChI is InChI=1S/4C26H20.4C8H11N.C7H10N2/c1-19-11-10-17-23-22-16-8-9-18-24(22)26(25(19)23,20-12-4-2-5-13-20)21-14-6-3-7-15-21;1-19-11-10-18-24-25(19)22-16-8-9-17-23(22)26(24,20-12-4-2-5-13-20)21-14-6-3-7-15-21;1-19-16-17-25-23(18-19)22-14-8-9-15-24(22)26(25,20-10-4-2-5-11-20)21-12-6-3-7-13-21;1-19-16-17-23-22-14-8-9-15-24(22)26(25(23)18-19,20-10-4-2-5-11-20)21-12-6-3-7-13-21;1-6-4-9-5-7(2)8(6)3;2*1-6-4-7(2)9-8(3)5-6;1-6-4-5-9-8(3)7(6)2;1-5-4-6(2)9-7(3)8-5/h4*2-18H,1H3;4*4-5H,1-3H3;4H,1-3H3. The molecule has 6 nitrogen and oxygen atoms in total. The van der Waals surface area contributed by atoms with E-state index in [0.29, 0.717) is 0 Å². The zero-order chi connectivity index (χ0) is 105. The lowest BCUT2D eigenvalue weighted by atomic mass is 9.67. The average Bonchev–Trinajstić information content (AvgIpc) is 1.54. The number of hydrogen-bond donors (Lipinski definition) is 0. The predicted octanol–water partition coefficient (Wildman–Crippen LogP) is 34.9. The number of rotatable bonds is 8. The largest absolute Gasteiger partial charge is 0.264 e. The fraction of sp³-hybridized carbons (Fsp3) is 0.161. The smallest absolute Gasteiger partial charge is 0.125 e. The van der Waals surface area contributed by atoms with Gasteiger partial charge in [-0.2, -0.15) is 0 Å². The summed E-state index contributed by atoms with van der Waals surface area (Å²) in [5.41, 5.74) is 53.4. The van der Waals surface area contributed by atoms with E-state index in [1.807, 2.05) is 86.1 Å². The van der Waals surface area contributed by atoms with Gasteiger partial charge in [0.1, 0.15) is 5.82 Å². The van der Waals surface area contributed by atoms with E-state index in [1.165, 1.54) is 195 Å². The fourth-order valence-electron chi connectivity index (χ4n) is 23.0. The van der Waals surface area contributed by atoms with E-state index in [4.69, 9.17) is 0 Å². The second kappa shape index (κ2) is 46.3. The number of fused-ring (bicyclic) bond motifs is 12. The van der Waals surface area contributed by atoms with Crippen LogP contribution >= 0.6 is 0 Å². The topological polar surface area (TPSA) is 77.3 Å². The highest BCUT2D eigenvalue weighted by atomic mass is 14.9. The van der Waals surface area contributed by atoms with E-state index in [0.717, 1.165) is 45.7 Å². The van der Waals surface area contributed by atoms with Crippen LogP contribution in [0, 0.1) is 132 Å². The molecule has 0 saturated heterocycles. The highest BCUT2D eigenvalue weighted by molar-refractivity contribution is 5.91. The zero-order valence-electron chi connectivity index (χ0n) is 89.6. The minimum Gasteiger partial charge on any atom is -0.264 e. The van der Waals surface area contributed by atoms with Crippen LogP contribution in [-0.2, 0) is 21.7 Å². The second-order valence-corrected chi connectivity index (χ2v) is 40.0. The monoisotopic (exact) mass is 1940 g/mol. The molecule has 0 amide bonds. The Bertz CT molecular complexity index is 7600. The number of pyridine rings is 4. The Labute approximate surface area is 884 Å². The van der Waals surface area contributed by atoms with Crippen molar-refractivity contribution in [1.82, 2.24) is 29.9 Å². The van der Waals surface area contributed by atoms with Crippen LogP contribution in [0.15, 0.2) is 468 Å². The van der Waals surface area contributed by atoms with Gasteiger partial charge >= 0.3 is 0 Å². The minimum absolute atomic E-state index is 0.262. The highest BCUT2D eigenvalue weighted by Gasteiger charge is 2.51. The Kier molecular flexibility index (Phi) is 32.2. The number of hydrogen-bond acceptors (Lipinski definition) is 6. The van der Waals surface area contributed by atoms with Crippen molar-refractivity contribution in [3.05, 3.63) is 663 Å². The summed E-state index contributed by atoms with van der Waals surface area (Å²) in [4.78, 5) is 24.9. The molecule has 0 bridgehead atoms. The molecule has 0 N–H and O–H groups in total. The van der Waals surface area contributed by atoms with Crippen molar-refractivity contribution in [2.75, 3.05) is 0 Å².